The molecule has 0 saturated carbocycles. The maximum Gasteiger partial charge on any atom is 1.00 e. The van der Waals surface area contributed by atoms with Gasteiger partial charge in [0.25, 0.3) is 0 Å². The van der Waals surface area contributed by atoms with Crippen molar-refractivity contribution < 1.29 is 57.7 Å². The van der Waals surface area contributed by atoms with Crippen molar-refractivity contribution in [2.24, 2.45) is 0 Å². The predicted octanol–water partition coefficient (Wildman–Crippen LogP) is 0.775. The first kappa shape index (κ1) is 25.6. The Balaban J connectivity index is -0.00000220. The predicted molar refractivity (Wildman–Crippen MR) is 86.0 cm³/mol. The third-order valence-corrected chi connectivity index (χ3v) is 3.87. The summed E-state index contributed by atoms with van der Waals surface area (Å²) < 4.78 is 38.3. The molecule has 6 nitrogen and oxygen atoms in total. The smallest absolute Gasteiger partial charge is 1.00 e. The van der Waals surface area contributed by atoms with E-state index in [0.29, 0.717) is 0 Å². The Kier molecular flexibility index (Phi) is 17.6. The quantitative estimate of drug-likeness (QED) is 0.212. The summed E-state index contributed by atoms with van der Waals surface area (Å²) in [6.07, 6.45) is 10.5. The van der Waals surface area contributed by atoms with Crippen molar-refractivity contribution in [3.05, 3.63) is 0 Å². The van der Waals surface area contributed by atoms with Gasteiger partial charge in [-0.2, -0.15) is 8.42 Å². The first-order chi connectivity index (χ1) is 10.4. The number of carbonyl (C=O) groups excluding carboxylic acids is 1. The molecule has 0 radical (unpaired) electrons. The number of unbranched alkanes of at least 4 members (excludes halogenated alkanes) is 9. The number of rotatable bonds is 14. The molecule has 23 heavy (non-hydrogen) atoms. The van der Waals surface area contributed by atoms with Gasteiger partial charge in [0.1, 0.15) is 0 Å². The Morgan fingerprint density at radius 3 is 1.87 bits per heavy atom. The average Bonchev–Trinajstić information content (AvgIpc) is 2.42. The molecule has 0 heterocycles. The molecule has 0 aliphatic rings. The maximum absolute atomic E-state index is 11.4. The molecule has 0 spiro atoms. The van der Waals surface area contributed by atoms with Gasteiger partial charge in [0.05, 0.1) is 6.61 Å². The average molecular weight is 362 g/mol. The van der Waals surface area contributed by atoms with Gasteiger partial charge in [-0.05, 0) is 13.3 Å². The van der Waals surface area contributed by atoms with E-state index in [2.05, 4.69) is 11.1 Å². The minimum atomic E-state index is -4.62. The van der Waals surface area contributed by atoms with Crippen LogP contribution in [-0.2, 0) is 24.1 Å². The molecule has 1 atom stereocenters. The number of hydrogen-bond acceptors (Lipinski definition) is 5. The molecule has 0 aliphatic heterocycles. The summed E-state index contributed by atoms with van der Waals surface area (Å²) in [6, 6.07) is 0. The summed E-state index contributed by atoms with van der Waals surface area (Å²) in [4.78, 5) is 11.4. The van der Waals surface area contributed by atoms with Gasteiger partial charge < -0.3 is 6.16 Å². The van der Waals surface area contributed by atoms with E-state index in [1.807, 2.05) is 0 Å². The van der Waals surface area contributed by atoms with Gasteiger partial charge in [0, 0.05) is 0 Å². The second-order valence-electron chi connectivity index (χ2n) is 5.52. The number of carbonyl (C=O) groups is 1. The fourth-order valence-corrected chi connectivity index (χ4v) is 2.54. The Bertz CT molecular complexity index is 391. The van der Waals surface area contributed by atoms with Gasteiger partial charge in [-0.3, -0.25) is 4.55 Å². The molecule has 1 N–H and O–H groups in total. The molecule has 0 rings (SSSR count). The molecule has 0 saturated heterocycles. The molecule has 134 valence electrons. The van der Waals surface area contributed by atoms with Gasteiger partial charge in [-0.25, -0.2) is 8.98 Å². The standard InChI is InChI=1S/C15H30O6S.Na.H/c1-3-4-5-6-7-8-9-10-11-12-13-20-15(16)14(2)21-22(17,18)19;;/h14H,3-13H2,1-2H3,(H,17,18,19);;/q;+1;-1. The van der Waals surface area contributed by atoms with Crippen LogP contribution in [0.5, 0.6) is 0 Å². The maximum atomic E-state index is 11.4. The normalized spacial score (nSPS) is 12.5. The second-order valence-corrected chi connectivity index (χ2v) is 6.56. The summed E-state index contributed by atoms with van der Waals surface area (Å²) in [5.74, 6) is -0.784. The van der Waals surface area contributed by atoms with Crippen molar-refractivity contribution in [1.82, 2.24) is 0 Å². The summed E-state index contributed by atoms with van der Waals surface area (Å²) in [6.45, 7) is 3.67. The van der Waals surface area contributed by atoms with Gasteiger partial charge in [0.2, 0.25) is 0 Å². The fraction of sp³-hybridized carbons (Fsp3) is 0.933. The zero-order chi connectivity index (χ0) is 16.8. The second kappa shape index (κ2) is 15.8. The van der Waals surface area contributed by atoms with Crippen molar-refractivity contribution in [2.75, 3.05) is 6.61 Å². The zero-order valence-electron chi connectivity index (χ0n) is 15.8. The van der Waals surface area contributed by atoms with Crippen molar-refractivity contribution in [3.63, 3.8) is 0 Å². The van der Waals surface area contributed by atoms with Crippen LogP contribution in [0.15, 0.2) is 0 Å². The van der Waals surface area contributed by atoms with E-state index in [1.54, 1.807) is 0 Å². The number of ether oxygens (including phenoxy) is 1. The summed E-state index contributed by atoms with van der Waals surface area (Å²) in [5, 5.41) is 0. The molecule has 0 aromatic heterocycles. The van der Waals surface area contributed by atoms with Gasteiger partial charge in [0.15, 0.2) is 6.10 Å². The summed E-state index contributed by atoms with van der Waals surface area (Å²) >= 11 is 0. The summed E-state index contributed by atoms with van der Waals surface area (Å²) in [7, 11) is -4.62. The van der Waals surface area contributed by atoms with Crippen molar-refractivity contribution in [2.45, 2.75) is 84.2 Å². The first-order valence-electron chi connectivity index (χ1n) is 8.19. The van der Waals surface area contributed by atoms with E-state index in [1.165, 1.54) is 51.9 Å². The minimum Gasteiger partial charge on any atom is -1.00 e. The summed E-state index contributed by atoms with van der Waals surface area (Å²) in [5.41, 5.74) is 0. The monoisotopic (exact) mass is 362 g/mol. The van der Waals surface area contributed by atoms with Crippen LogP contribution in [-0.4, -0.2) is 31.7 Å². The van der Waals surface area contributed by atoms with E-state index in [9.17, 15) is 13.2 Å². The zero-order valence-corrected chi connectivity index (χ0v) is 17.6. The Hall–Kier alpha value is 0.340. The van der Waals surface area contributed by atoms with E-state index < -0.39 is 22.5 Å². The molecule has 0 bridgehead atoms. The third kappa shape index (κ3) is 18.5. The first-order valence-corrected chi connectivity index (χ1v) is 9.55. The van der Waals surface area contributed by atoms with Gasteiger partial charge >= 0.3 is 45.9 Å². The largest absolute Gasteiger partial charge is 1.00 e. The molecule has 8 heteroatoms. The number of hydrogen-bond donors (Lipinski definition) is 1. The van der Waals surface area contributed by atoms with Crippen LogP contribution in [0.4, 0.5) is 0 Å². The van der Waals surface area contributed by atoms with Crippen LogP contribution in [0.1, 0.15) is 79.5 Å². The van der Waals surface area contributed by atoms with E-state index in [4.69, 9.17) is 9.29 Å². The molecule has 0 aromatic carbocycles. The molecule has 0 fully saturated rings. The van der Waals surface area contributed by atoms with Gasteiger partial charge in [-0.15, -0.1) is 0 Å². The van der Waals surface area contributed by atoms with Crippen molar-refractivity contribution in [3.8, 4) is 0 Å². The topological polar surface area (TPSA) is 89.9 Å². The molecule has 1 unspecified atom stereocenters. The Morgan fingerprint density at radius 2 is 1.43 bits per heavy atom. The minimum absolute atomic E-state index is 0. The molecule has 0 amide bonds. The van der Waals surface area contributed by atoms with Crippen LogP contribution in [0.2, 0.25) is 0 Å². The van der Waals surface area contributed by atoms with Crippen molar-refractivity contribution >= 4 is 16.4 Å². The van der Waals surface area contributed by atoms with Crippen LogP contribution in [0.25, 0.3) is 0 Å². The third-order valence-electron chi connectivity index (χ3n) is 3.34. The van der Waals surface area contributed by atoms with Crippen LogP contribution >= 0.6 is 0 Å². The molecule has 0 aliphatic carbocycles. The van der Waals surface area contributed by atoms with E-state index in [0.717, 1.165) is 19.3 Å². The molecular formula is C15H31NaO6S. The van der Waals surface area contributed by atoms with Gasteiger partial charge in [-0.1, -0.05) is 64.7 Å². The number of esters is 1. The van der Waals surface area contributed by atoms with Crippen molar-refractivity contribution in [1.29, 1.82) is 0 Å². The molecular weight excluding hydrogens is 331 g/mol. The Morgan fingerprint density at radius 1 is 1.00 bits per heavy atom. The van der Waals surface area contributed by atoms with E-state index >= 15 is 0 Å². The van der Waals surface area contributed by atoms with Crippen LogP contribution in [0.3, 0.4) is 0 Å². The van der Waals surface area contributed by atoms with Crippen LogP contribution in [0, 0.1) is 0 Å². The van der Waals surface area contributed by atoms with E-state index in [-0.39, 0.29) is 37.6 Å². The van der Waals surface area contributed by atoms with Crippen LogP contribution < -0.4 is 29.6 Å². The fourth-order valence-electron chi connectivity index (χ4n) is 2.10. The Labute approximate surface area is 164 Å². The SMILES string of the molecule is CCCCCCCCCCCCOC(=O)C(C)OS(=O)(=O)O.[H-].[Na+]. The molecule has 0 aromatic rings.